The number of hydrogen-bond acceptors (Lipinski definition) is 3. The molecule has 0 atom stereocenters. The molecule has 96 valence electrons. The Labute approximate surface area is 107 Å². The monoisotopic (exact) mass is 246 g/mol. The van der Waals surface area contributed by atoms with Crippen molar-refractivity contribution in [2.24, 2.45) is 0 Å². The van der Waals surface area contributed by atoms with E-state index in [9.17, 15) is 9.59 Å². The highest BCUT2D eigenvalue weighted by Gasteiger charge is 2.34. The molecule has 0 unspecified atom stereocenters. The van der Waals surface area contributed by atoms with Gasteiger partial charge in [-0.1, -0.05) is 12.1 Å². The van der Waals surface area contributed by atoms with E-state index in [2.05, 4.69) is 4.90 Å². The molecule has 0 bridgehead atoms. The van der Waals surface area contributed by atoms with Gasteiger partial charge >= 0.3 is 0 Å². The van der Waals surface area contributed by atoms with Crippen molar-refractivity contribution >= 4 is 11.8 Å². The van der Waals surface area contributed by atoms with E-state index in [1.54, 1.807) is 24.3 Å². The average molecular weight is 246 g/mol. The van der Waals surface area contributed by atoms with E-state index in [1.165, 1.54) is 4.90 Å². The molecule has 0 fully saturated rings. The summed E-state index contributed by atoms with van der Waals surface area (Å²) in [5, 5.41) is 0. The van der Waals surface area contributed by atoms with Gasteiger partial charge < -0.3 is 4.90 Å². The molecule has 0 saturated heterocycles. The van der Waals surface area contributed by atoms with Crippen LogP contribution in [0.5, 0.6) is 0 Å². The van der Waals surface area contributed by atoms with Crippen molar-refractivity contribution in [1.29, 1.82) is 0 Å². The summed E-state index contributed by atoms with van der Waals surface area (Å²) >= 11 is 0. The third-order valence-electron chi connectivity index (χ3n) is 3.12. The van der Waals surface area contributed by atoms with E-state index in [-0.39, 0.29) is 11.8 Å². The molecule has 4 heteroatoms. The molecule has 1 aromatic carbocycles. The number of amides is 2. The summed E-state index contributed by atoms with van der Waals surface area (Å²) in [5.74, 6) is -0.305. The van der Waals surface area contributed by atoms with Gasteiger partial charge in [0, 0.05) is 6.54 Å². The van der Waals surface area contributed by atoms with E-state index in [0.717, 1.165) is 19.4 Å². The molecule has 0 aliphatic carbocycles. The number of benzene rings is 1. The van der Waals surface area contributed by atoms with Gasteiger partial charge in [0.1, 0.15) is 0 Å². The second kappa shape index (κ2) is 5.31. The van der Waals surface area contributed by atoms with Crippen molar-refractivity contribution in [2.45, 2.75) is 12.8 Å². The van der Waals surface area contributed by atoms with Crippen LogP contribution in [0.4, 0.5) is 0 Å². The minimum Gasteiger partial charge on any atom is -0.309 e. The number of rotatable bonds is 5. The summed E-state index contributed by atoms with van der Waals surface area (Å²) in [4.78, 5) is 27.5. The Morgan fingerprint density at radius 1 is 1.00 bits per heavy atom. The molecule has 2 rings (SSSR count). The Morgan fingerprint density at radius 2 is 1.56 bits per heavy atom. The zero-order valence-electron chi connectivity index (χ0n) is 10.8. The summed E-state index contributed by atoms with van der Waals surface area (Å²) in [6.07, 6.45) is 1.84. The number of fused-ring (bicyclic) bond motifs is 1. The van der Waals surface area contributed by atoms with Crippen molar-refractivity contribution < 1.29 is 9.59 Å². The van der Waals surface area contributed by atoms with Crippen LogP contribution in [0.3, 0.4) is 0 Å². The van der Waals surface area contributed by atoms with Gasteiger partial charge in [-0.3, -0.25) is 14.5 Å². The second-order valence-corrected chi connectivity index (χ2v) is 4.82. The largest absolute Gasteiger partial charge is 0.309 e. The van der Waals surface area contributed by atoms with Gasteiger partial charge in [-0.15, -0.1) is 0 Å². The van der Waals surface area contributed by atoms with Crippen LogP contribution in [0.25, 0.3) is 0 Å². The lowest BCUT2D eigenvalue weighted by Gasteiger charge is -2.14. The number of carbonyl (C=O) groups excluding carboxylic acids is 2. The van der Waals surface area contributed by atoms with E-state index in [0.29, 0.717) is 17.7 Å². The molecule has 1 heterocycles. The van der Waals surface area contributed by atoms with E-state index in [4.69, 9.17) is 0 Å². The van der Waals surface area contributed by atoms with Crippen molar-refractivity contribution in [3.63, 3.8) is 0 Å². The van der Waals surface area contributed by atoms with Gasteiger partial charge in [0.25, 0.3) is 11.8 Å². The Morgan fingerprint density at radius 3 is 2.06 bits per heavy atom. The molecule has 1 aliphatic rings. The fraction of sp³-hybridized carbons (Fsp3) is 0.429. The normalized spacial score (nSPS) is 14.5. The van der Waals surface area contributed by atoms with Gasteiger partial charge in [-0.2, -0.15) is 0 Å². The number of unbranched alkanes of at least 4 members (excludes halogenated alkanes) is 1. The summed E-state index contributed by atoms with van der Waals surface area (Å²) in [6, 6.07) is 7.02. The Kier molecular flexibility index (Phi) is 3.77. The highest BCUT2D eigenvalue weighted by molar-refractivity contribution is 6.21. The summed E-state index contributed by atoms with van der Waals surface area (Å²) in [6.45, 7) is 1.49. The first-order chi connectivity index (χ1) is 8.61. The van der Waals surface area contributed by atoms with E-state index in [1.807, 2.05) is 14.1 Å². The minimum absolute atomic E-state index is 0.152. The molecule has 4 nitrogen and oxygen atoms in total. The number of hydrogen-bond donors (Lipinski definition) is 0. The first kappa shape index (κ1) is 12.8. The van der Waals surface area contributed by atoms with Crippen LogP contribution in [0, 0.1) is 0 Å². The Bertz CT molecular complexity index is 434. The highest BCUT2D eigenvalue weighted by Crippen LogP contribution is 2.22. The smallest absolute Gasteiger partial charge is 0.261 e. The zero-order chi connectivity index (χ0) is 13.1. The van der Waals surface area contributed by atoms with Crippen molar-refractivity contribution in [3.05, 3.63) is 35.4 Å². The van der Waals surface area contributed by atoms with Crippen LogP contribution in [-0.2, 0) is 0 Å². The average Bonchev–Trinajstić information content (AvgIpc) is 2.59. The molecular formula is C14H18N2O2. The third kappa shape index (κ3) is 2.43. The lowest BCUT2D eigenvalue weighted by atomic mass is 10.1. The zero-order valence-corrected chi connectivity index (χ0v) is 10.8. The van der Waals surface area contributed by atoms with Crippen LogP contribution in [0.1, 0.15) is 33.6 Å². The molecule has 0 spiro atoms. The van der Waals surface area contributed by atoms with Crippen LogP contribution < -0.4 is 0 Å². The molecule has 0 N–H and O–H groups in total. The molecule has 0 aromatic heterocycles. The maximum absolute atomic E-state index is 12.0. The molecule has 0 saturated carbocycles. The van der Waals surface area contributed by atoms with E-state index >= 15 is 0 Å². The number of imide groups is 1. The maximum atomic E-state index is 12.0. The lowest BCUT2D eigenvalue weighted by Crippen LogP contribution is -2.31. The van der Waals surface area contributed by atoms with Crippen LogP contribution in [0.15, 0.2) is 24.3 Å². The van der Waals surface area contributed by atoms with Crippen LogP contribution >= 0.6 is 0 Å². The van der Waals surface area contributed by atoms with E-state index < -0.39 is 0 Å². The van der Waals surface area contributed by atoms with Crippen molar-refractivity contribution in [3.8, 4) is 0 Å². The highest BCUT2D eigenvalue weighted by atomic mass is 16.2. The quantitative estimate of drug-likeness (QED) is 0.585. The van der Waals surface area contributed by atoms with Gasteiger partial charge in [-0.05, 0) is 45.6 Å². The Balaban J connectivity index is 1.97. The fourth-order valence-electron chi connectivity index (χ4n) is 2.14. The lowest BCUT2D eigenvalue weighted by molar-refractivity contribution is 0.0651. The molecule has 1 aliphatic heterocycles. The topological polar surface area (TPSA) is 40.6 Å². The van der Waals surface area contributed by atoms with Crippen molar-refractivity contribution in [1.82, 2.24) is 9.80 Å². The van der Waals surface area contributed by atoms with Gasteiger partial charge in [-0.25, -0.2) is 0 Å². The number of carbonyl (C=O) groups is 2. The molecule has 2 amide bonds. The van der Waals surface area contributed by atoms with Gasteiger partial charge in [0.2, 0.25) is 0 Å². The summed E-state index contributed by atoms with van der Waals surface area (Å²) in [7, 11) is 4.03. The number of nitrogens with zero attached hydrogens (tertiary/aromatic N) is 2. The predicted molar refractivity (Wildman–Crippen MR) is 69.6 cm³/mol. The minimum atomic E-state index is -0.152. The maximum Gasteiger partial charge on any atom is 0.261 e. The Hall–Kier alpha value is -1.68. The van der Waals surface area contributed by atoms with Gasteiger partial charge in [0.15, 0.2) is 0 Å². The molecular weight excluding hydrogens is 228 g/mol. The van der Waals surface area contributed by atoms with Crippen LogP contribution in [0.2, 0.25) is 0 Å². The third-order valence-corrected chi connectivity index (χ3v) is 3.12. The second-order valence-electron chi connectivity index (χ2n) is 4.82. The first-order valence-corrected chi connectivity index (χ1v) is 6.21. The molecule has 18 heavy (non-hydrogen) atoms. The van der Waals surface area contributed by atoms with Gasteiger partial charge in [0.05, 0.1) is 11.1 Å². The van der Waals surface area contributed by atoms with Crippen molar-refractivity contribution in [2.75, 3.05) is 27.2 Å². The SMILES string of the molecule is CN(C)CCCCN1C(=O)c2ccccc2C1=O. The standard InChI is InChI=1S/C14H18N2O2/c1-15(2)9-5-6-10-16-13(17)11-7-3-4-8-12(11)14(16)18/h3-4,7-8H,5-6,9-10H2,1-2H3. The molecule has 1 aromatic rings. The summed E-state index contributed by atoms with van der Waals surface area (Å²) < 4.78 is 0. The molecule has 0 radical (unpaired) electrons. The van der Waals surface area contributed by atoms with Crippen LogP contribution in [-0.4, -0.2) is 48.8 Å². The predicted octanol–water partition coefficient (Wildman–Crippen LogP) is 1.62. The summed E-state index contributed by atoms with van der Waals surface area (Å²) in [5.41, 5.74) is 1.07. The fourth-order valence-corrected chi connectivity index (χ4v) is 2.14. The first-order valence-electron chi connectivity index (χ1n) is 6.21.